The van der Waals surface area contributed by atoms with Crippen LogP contribution in [0.25, 0.3) is 0 Å². The van der Waals surface area contributed by atoms with Gasteiger partial charge in [-0.1, -0.05) is 20.3 Å². The van der Waals surface area contributed by atoms with Crippen molar-refractivity contribution in [1.82, 2.24) is 9.80 Å². The van der Waals surface area contributed by atoms with Crippen LogP contribution in [0.3, 0.4) is 0 Å². The average molecular weight is 212 g/mol. The number of piperidine rings is 1. The maximum atomic E-state index is 2.59. The van der Waals surface area contributed by atoms with E-state index in [1.54, 1.807) is 0 Å². The first kappa shape index (κ1) is 13.0. The monoisotopic (exact) mass is 212 g/mol. The number of hydrogen-bond acceptors (Lipinski definition) is 2. The number of hydrogen-bond donors (Lipinski definition) is 0. The topological polar surface area (TPSA) is 6.48 Å². The van der Waals surface area contributed by atoms with Crippen molar-refractivity contribution in [2.24, 2.45) is 0 Å². The van der Waals surface area contributed by atoms with Crippen LogP contribution in [0.15, 0.2) is 0 Å². The van der Waals surface area contributed by atoms with E-state index < -0.39 is 0 Å². The molecule has 0 aliphatic carbocycles. The van der Waals surface area contributed by atoms with Crippen molar-refractivity contribution in [3.8, 4) is 0 Å². The van der Waals surface area contributed by atoms with Crippen molar-refractivity contribution in [3.05, 3.63) is 0 Å². The molecule has 0 aromatic carbocycles. The second-order valence-electron chi connectivity index (χ2n) is 5.10. The van der Waals surface area contributed by atoms with Crippen molar-refractivity contribution in [2.45, 2.75) is 58.5 Å². The molecule has 0 radical (unpaired) electrons. The summed E-state index contributed by atoms with van der Waals surface area (Å²) in [5, 5.41) is 0. The lowest BCUT2D eigenvalue weighted by atomic mass is 9.79. The normalized spacial score (nSPS) is 26.0. The van der Waals surface area contributed by atoms with Crippen LogP contribution in [0, 0.1) is 0 Å². The Hall–Kier alpha value is -0.0800. The van der Waals surface area contributed by atoms with Gasteiger partial charge >= 0.3 is 0 Å². The quantitative estimate of drug-likeness (QED) is 0.659. The second kappa shape index (κ2) is 5.31. The molecule has 0 saturated carbocycles. The van der Waals surface area contributed by atoms with Crippen molar-refractivity contribution in [1.29, 1.82) is 0 Å². The predicted octanol–water partition coefficient (Wildman–Crippen LogP) is 2.59. The molecule has 2 heteroatoms. The first-order valence-corrected chi connectivity index (χ1v) is 6.59. The van der Waals surface area contributed by atoms with Gasteiger partial charge in [-0.15, -0.1) is 0 Å². The van der Waals surface area contributed by atoms with Gasteiger partial charge in [0.1, 0.15) is 0 Å². The van der Waals surface area contributed by atoms with Crippen molar-refractivity contribution < 1.29 is 0 Å². The minimum atomic E-state index is 0.572. The number of likely N-dealkylation sites (N-methyl/N-ethyl adjacent to an activating group) is 1. The Morgan fingerprint density at radius 2 is 1.67 bits per heavy atom. The molecule has 2 aliphatic heterocycles. The summed E-state index contributed by atoms with van der Waals surface area (Å²) in [5.41, 5.74) is 0.572. The fraction of sp³-hybridized carbons (Fsp3) is 1.00. The smallest absolute Gasteiger partial charge is 0.0460 e. The zero-order chi connectivity index (χ0) is 11.5. The van der Waals surface area contributed by atoms with E-state index in [1.165, 1.54) is 38.9 Å². The first-order chi connectivity index (χ1) is 7.14. The van der Waals surface area contributed by atoms with Gasteiger partial charge in [0, 0.05) is 24.7 Å². The molecular weight excluding hydrogens is 184 g/mol. The molecule has 90 valence electrons. The molecule has 0 N–H and O–H groups in total. The fourth-order valence-electron chi connectivity index (χ4n) is 2.71. The van der Waals surface area contributed by atoms with E-state index in [0.717, 1.165) is 6.04 Å². The van der Waals surface area contributed by atoms with Gasteiger partial charge in [-0.2, -0.15) is 0 Å². The van der Waals surface area contributed by atoms with E-state index in [9.17, 15) is 0 Å². The molecule has 2 heterocycles. The summed E-state index contributed by atoms with van der Waals surface area (Å²) >= 11 is 0. The van der Waals surface area contributed by atoms with E-state index >= 15 is 0 Å². The molecule has 0 aromatic heterocycles. The summed E-state index contributed by atoms with van der Waals surface area (Å²) < 4.78 is 0. The molecule has 2 nitrogen and oxygen atoms in total. The van der Waals surface area contributed by atoms with Crippen LogP contribution in [-0.4, -0.2) is 48.1 Å². The minimum Gasteiger partial charge on any atom is -0.298 e. The van der Waals surface area contributed by atoms with Gasteiger partial charge in [0.15, 0.2) is 0 Å². The maximum Gasteiger partial charge on any atom is 0.0460 e. The van der Waals surface area contributed by atoms with Crippen LogP contribution >= 0.6 is 0 Å². The molecule has 2 saturated heterocycles. The summed E-state index contributed by atoms with van der Waals surface area (Å²) in [7, 11) is 2.30. The Morgan fingerprint density at radius 3 is 2.13 bits per heavy atom. The third kappa shape index (κ3) is 2.54. The summed E-state index contributed by atoms with van der Waals surface area (Å²) in [4.78, 5) is 5.18. The molecular formula is C13H28N2. The van der Waals surface area contributed by atoms with E-state index in [1.807, 2.05) is 13.8 Å². The van der Waals surface area contributed by atoms with Gasteiger partial charge in [0.25, 0.3) is 0 Å². The highest BCUT2D eigenvalue weighted by molar-refractivity contribution is 5.05. The van der Waals surface area contributed by atoms with E-state index in [4.69, 9.17) is 0 Å². The third-order valence-electron chi connectivity index (χ3n) is 3.92. The zero-order valence-corrected chi connectivity index (χ0v) is 11.2. The fourth-order valence-corrected chi connectivity index (χ4v) is 2.71. The van der Waals surface area contributed by atoms with Crippen molar-refractivity contribution in [3.63, 3.8) is 0 Å². The van der Waals surface area contributed by atoms with Crippen molar-refractivity contribution >= 4 is 0 Å². The largest absolute Gasteiger partial charge is 0.298 e. The molecule has 15 heavy (non-hydrogen) atoms. The molecule has 0 amide bonds. The number of nitrogens with zero attached hydrogens (tertiary/aromatic N) is 2. The third-order valence-corrected chi connectivity index (χ3v) is 3.92. The van der Waals surface area contributed by atoms with Gasteiger partial charge < -0.3 is 0 Å². The minimum absolute atomic E-state index is 0.572. The van der Waals surface area contributed by atoms with Crippen LogP contribution < -0.4 is 0 Å². The van der Waals surface area contributed by atoms with Crippen LogP contribution in [0.1, 0.15) is 47.0 Å². The van der Waals surface area contributed by atoms with Gasteiger partial charge in [0.05, 0.1) is 0 Å². The Balaban J connectivity index is 0.000000531. The van der Waals surface area contributed by atoms with Crippen LogP contribution in [0.5, 0.6) is 0 Å². The van der Waals surface area contributed by atoms with Crippen LogP contribution in [0.2, 0.25) is 0 Å². The summed E-state index contributed by atoms with van der Waals surface area (Å²) in [5.74, 6) is 0. The standard InChI is InChI=1S/C11H22N2.C2H6/c1-10(2)13-8-11(9-13)6-4-5-7-12(11)3;1-2/h10H,4-9H2,1-3H3;1-2H3. The van der Waals surface area contributed by atoms with E-state index in [0.29, 0.717) is 5.54 Å². The van der Waals surface area contributed by atoms with Gasteiger partial charge in [0.2, 0.25) is 0 Å². The molecule has 0 atom stereocenters. The molecule has 0 unspecified atom stereocenters. The SMILES string of the molecule is CC.CC(C)N1CC2(CCCCN2C)C1. The van der Waals surface area contributed by atoms with Gasteiger partial charge in [-0.05, 0) is 40.3 Å². The first-order valence-electron chi connectivity index (χ1n) is 6.59. The Kier molecular flexibility index (Phi) is 4.60. The zero-order valence-electron chi connectivity index (χ0n) is 11.2. The van der Waals surface area contributed by atoms with E-state index in [-0.39, 0.29) is 0 Å². The predicted molar refractivity (Wildman–Crippen MR) is 67.3 cm³/mol. The summed E-state index contributed by atoms with van der Waals surface area (Å²) in [6, 6.07) is 0.737. The molecule has 2 rings (SSSR count). The second-order valence-corrected chi connectivity index (χ2v) is 5.10. The molecule has 0 aromatic rings. The lowest BCUT2D eigenvalue weighted by Crippen LogP contribution is -2.71. The highest BCUT2D eigenvalue weighted by Gasteiger charge is 2.47. The van der Waals surface area contributed by atoms with Crippen LogP contribution in [-0.2, 0) is 0 Å². The highest BCUT2D eigenvalue weighted by atomic mass is 15.4. The highest BCUT2D eigenvalue weighted by Crippen LogP contribution is 2.36. The molecule has 2 fully saturated rings. The molecule has 0 bridgehead atoms. The maximum absolute atomic E-state index is 2.59. The summed E-state index contributed by atoms with van der Waals surface area (Å²) in [6.07, 6.45) is 4.27. The van der Waals surface area contributed by atoms with Gasteiger partial charge in [-0.25, -0.2) is 0 Å². The Morgan fingerprint density at radius 1 is 1.07 bits per heavy atom. The number of rotatable bonds is 1. The Bertz CT molecular complexity index is 183. The Labute approximate surface area is 95.6 Å². The lowest BCUT2D eigenvalue weighted by Gasteiger charge is -2.58. The van der Waals surface area contributed by atoms with Crippen LogP contribution in [0.4, 0.5) is 0 Å². The van der Waals surface area contributed by atoms with Gasteiger partial charge in [-0.3, -0.25) is 9.80 Å². The molecule has 1 spiro atoms. The lowest BCUT2D eigenvalue weighted by molar-refractivity contribution is -0.0776. The average Bonchev–Trinajstić information content (AvgIpc) is 2.18. The van der Waals surface area contributed by atoms with E-state index in [2.05, 4.69) is 30.7 Å². The van der Waals surface area contributed by atoms with Crippen molar-refractivity contribution in [2.75, 3.05) is 26.7 Å². The summed E-state index contributed by atoms with van der Waals surface area (Å²) in [6.45, 7) is 12.5. The molecule has 2 aliphatic rings. The number of likely N-dealkylation sites (tertiary alicyclic amines) is 2.